The van der Waals surface area contributed by atoms with Crippen molar-refractivity contribution in [3.63, 3.8) is 0 Å². The molecule has 0 unspecified atom stereocenters. The molecule has 7 heteroatoms. The summed E-state index contributed by atoms with van der Waals surface area (Å²) in [6.07, 6.45) is 1.55. The highest BCUT2D eigenvalue weighted by molar-refractivity contribution is 7.89. The Morgan fingerprint density at radius 3 is 2.27 bits per heavy atom. The molecule has 0 bridgehead atoms. The van der Waals surface area contributed by atoms with Gasteiger partial charge in [-0.3, -0.25) is 4.79 Å². The highest BCUT2D eigenvalue weighted by Crippen LogP contribution is 2.28. The second-order valence-electron chi connectivity index (χ2n) is 9.31. The molecule has 3 aromatic rings. The van der Waals surface area contributed by atoms with E-state index in [4.69, 9.17) is 4.74 Å². The first kappa shape index (κ1) is 23.7. The van der Waals surface area contributed by atoms with E-state index in [9.17, 15) is 13.2 Å². The summed E-state index contributed by atoms with van der Waals surface area (Å²) in [5, 5.41) is 0.893. The fourth-order valence-electron chi connectivity index (χ4n) is 4.80. The Labute approximate surface area is 195 Å². The number of hydrogen-bond donors (Lipinski definition) is 1. The van der Waals surface area contributed by atoms with Gasteiger partial charge < -0.3 is 9.72 Å². The number of aromatic nitrogens is 1. The summed E-state index contributed by atoms with van der Waals surface area (Å²) in [6.45, 7) is 10.5. The average molecular weight is 469 g/mol. The van der Waals surface area contributed by atoms with Crippen molar-refractivity contribution in [3.05, 3.63) is 74.1 Å². The molecule has 0 spiro atoms. The minimum absolute atomic E-state index is 0.00680. The molecule has 1 fully saturated rings. The molecule has 6 nitrogen and oxygen atoms in total. The zero-order chi connectivity index (χ0) is 23.9. The molecular formula is C26H32N2O4S. The highest BCUT2D eigenvalue weighted by Gasteiger charge is 2.32. The van der Waals surface area contributed by atoms with Gasteiger partial charge in [0.15, 0.2) is 0 Å². The number of H-pyrrole nitrogens is 1. The summed E-state index contributed by atoms with van der Waals surface area (Å²) in [6, 6.07) is 9.57. The zero-order valence-electron chi connectivity index (χ0n) is 20.0. The number of ether oxygens (including phenoxy) is 1. The summed E-state index contributed by atoms with van der Waals surface area (Å²) >= 11 is 0. The number of pyridine rings is 1. The lowest BCUT2D eigenvalue weighted by Gasteiger charge is -2.26. The molecule has 176 valence electrons. The van der Waals surface area contributed by atoms with Crippen molar-refractivity contribution in [2.45, 2.75) is 65.0 Å². The van der Waals surface area contributed by atoms with Gasteiger partial charge in [-0.15, -0.1) is 0 Å². The standard InChI is InChI=1S/C26H32N2O4S/c1-16-9-19(4)25(20(5)10-16)33(30,31)28(15-23-7-6-8-32-23)14-22-13-21-11-17(2)18(3)12-24(21)27-26(22)29/h9-13,23H,6-8,14-15H2,1-5H3,(H,27,29)/t23-/m1/s1. The summed E-state index contributed by atoms with van der Waals surface area (Å²) in [4.78, 5) is 16.2. The van der Waals surface area contributed by atoms with E-state index < -0.39 is 10.0 Å². The molecule has 33 heavy (non-hydrogen) atoms. The molecule has 0 aliphatic carbocycles. The van der Waals surface area contributed by atoms with E-state index in [1.54, 1.807) is 0 Å². The molecule has 1 aromatic heterocycles. The van der Waals surface area contributed by atoms with Crippen LogP contribution in [0.3, 0.4) is 0 Å². The van der Waals surface area contributed by atoms with Crippen molar-refractivity contribution in [3.8, 4) is 0 Å². The predicted molar refractivity (Wildman–Crippen MR) is 131 cm³/mol. The van der Waals surface area contributed by atoms with Gasteiger partial charge in [0.1, 0.15) is 0 Å². The van der Waals surface area contributed by atoms with E-state index >= 15 is 0 Å². The van der Waals surface area contributed by atoms with Gasteiger partial charge in [0.05, 0.1) is 11.0 Å². The monoisotopic (exact) mass is 468 g/mol. The van der Waals surface area contributed by atoms with E-state index in [1.165, 1.54) is 4.31 Å². The lowest BCUT2D eigenvalue weighted by atomic mass is 10.0. The molecule has 0 radical (unpaired) electrons. The van der Waals surface area contributed by atoms with Gasteiger partial charge in [0.2, 0.25) is 10.0 Å². The average Bonchev–Trinajstić information content (AvgIpc) is 3.21. The molecule has 0 amide bonds. The van der Waals surface area contributed by atoms with Crippen LogP contribution < -0.4 is 5.56 Å². The Morgan fingerprint density at radius 2 is 1.64 bits per heavy atom. The number of aryl methyl sites for hydroxylation is 5. The van der Waals surface area contributed by atoms with Crippen molar-refractivity contribution in [2.24, 2.45) is 0 Å². The van der Waals surface area contributed by atoms with Crippen molar-refractivity contribution in [1.82, 2.24) is 9.29 Å². The minimum Gasteiger partial charge on any atom is -0.377 e. The Balaban J connectivity index is 1.79. The maximum atomic E-state index is 13.9. The number of fused-ring (bicyclic) bond motifs is 1. The molecule has 1 N–H and O–H groups in total. The first-order valence-electron chi connectivity index (χ1n) is 11.4. The van der Waals surface area contributed by atoms with E-state index in [0.717, 1.165) is 40.4 Å². The van der Waals surface area contributed by atoms with Crippen LogP contribution in [-0.4, -0.2) is 37.0 Å². The van der Waals surface area contributed by atoms with Gasteiger partial charge in [-0.1, -0.05) is 17.7 Å². The summed E-state index contributed by atoms with van der Waals surface area (Å²) in [5.41, 5.74) is 5.57. The Bertz CT molecular complexity index is 1350. The third kappa shape index (κ3) is 4.76. The first-order chi connectivity index (χ1) is 15.6. The van der Waals surface area contributed by atoms with Crippen LogP contribution in [0.15, 0.2) is 40.0 Å². The summed E-state index contributed by atoms with van der Waals surface area (Å²) < 4.78 is 35.0. The highest BCUT2D eigenvalue weighted by atomic mass is 32.2. The molecule has 2 aromatic carbocycles. The number of benzene rings is 2. The van der Waals surface area contributed by atoms with Crippen LogP contribution in [0.1, 0.15) is 46.2 Å². The Hall–Kier alpha value is -2.48. The molecule has 1 atom stereocenters. The molecule has 1 aliphatic heterocycles. The maximum Gasteiger partial charge on any atom is 0.252 e. The minimum atomic E-state index is -3.85. The Morgan fingerprint density at radius 1 is 0.970 bits per heavy atom. The van der Waals surface area contributed by atoms with Crippen LogP contribution >= 0.6 is 0 Å². The SMILES string of the molecule is Cc1cc(C)c(S(=O)(=O)N(Cc2cc3cc(C)c(C)cc3[nH]c2=O)C[C@H]2CCCO2)c(C)c1. The smallest absolute Gasteiger partial charge is 0.252 e. The zero-order valence-corrected chi connectivity index (χ0v) is 20.8. The van der Waals surface area contributed by atoms with Gasteiger partial charge in [-0.05, 0) is 93.3 Å². The van der Waals surface area contributed by atoms with Gasteiger partial charge >= 0.3 is 0 Å². The first-order valence-corrected chi connectivity index (χ1v) is 12.8. The van der Waals surface area contributed by atoms with Crippen molar-refractivity contribution in [2.75, 3.05) is 13.2 Å². The van der Waals surface area contributed by atoms with Gasteiger partial charge in [-0.25, -0.2) is 8.42 Å². The van der Waals surface area contributed by atoms with Crippen LogP contribution in [0.4, 0.5) is 0 Å². The number of rotatable bonds is 6. The molecule has 1 aliphatic rings. The van der Waals surface area contributed by atoms with E-state index in [0.29, 0.717) is 28.2 Å². The number of hydrogen-bond acceptors (Lipinski definition) is 4. The van der Waals surface area contributed by atoms with Gasteiger partial charge in [-0.2, -0.15) is 4.31 Å². The largest absolute Gasteiger partial charge is 0.377 e. The number of aromatic amines is 1. The number of sulfonamides is 1. The fourth-order valence-corrected chi connectivity index (χ4v) is 6.66. The molecule has 2 heterocycles. The van der Waals surface area contributed by atoms with E-state index in [1.807, 2.05) is 65.0 Å². The van der Waals surface area contributed by atoms with Crippen LogP contribution in [0.5, 0.6) is 0 Å². The quantitative estimate of drug-likeness (QED) is 0.580. The third-order valence-electron chi connectivity index (χ3n) is 6.52. The predicted octanol–water partition coefficient (Wildman–Crippen LogP) is 4.44. The van der Waals surface area contributed by atoms with Crippen LogP contribution in [0.25, 0.3) is 10.9 Å². The molecule has 0 saturated carbocycles. The Kier molecular flexibility index (Phi) is 6.49. The molecule has 4 rings (SSSR count). The van der Waals surface area contributed by atoms with E-state index in [-0.39, 0.29) is 24.8 Å². The molecular weight excluding hydrogens is 436 g/mol. The van der Waals surface area contributed by atoms with Gasteiger partial charge in [0.25, 0.3) is 5.56 Å². The van der Waals surface area contributed by atoms with Crippen molar-refractivity contribution >= 4 is 20.9 Å². The third-order valence-corrected chi connectivity index (χ3v) is 8.63. The van der Waals surface area contributed by atoms with Crippen LogP contribution in [-0.2, 0) is 21.3 Å². The maximum absolute atomic E-state index is 13.9. The van der Waals surface area contributed by atoms with Gasteiger partial charge in [0, 0.05) is 30.8 Å². The second kappa shape index (κ2) is 9.05. The van der Waals surface area contributed by atoms with Crippen LogP contribution in [0, 0.1) is 34.6 Å². The summed E-state index contributed by atoms with van der Waals surface area (Å²) in [5.74, 6) is 0. The number of nitrogens with one attached hydrogen (secondary N) is 1. The molecule has 1 saturated heterocycles. The van der Waals surface area contributed by atoms with E-state index in [2.05, 4.69) is 4.98 Å². The topological polar surface area (TPSA) is 79.5 Å². The fraction of sp³-hybridized carbons (Fsp3) is 0.423. The van der Waals surface area contributed by atoms with Crippen molar-refractivity contribution in [1.29, 1.82) is 0 Å². The lowest BCUT2D eigenvalue weighted by molar-refractivity contribution is 0.0925. The number of nitrogens with zero attached hydrogens (tertiary/aromatic N) is 1. The summed E-state index contributed by atoms with van der Waals surface area (Å²) in [7, 11) is -3.85. The van der Waals surface area contributed by atoms with Crippen LogP contribution in [0.2, 0.25) is 0 Å². The lowest BCUT2D eigenvalue weighted by Crippen LogP contribution is -2.38. The van der Waals surface area contributed by atoms with Crippen molar-refractivity contribution < 1.29 is 13.2 Å². The normalized spacial score (nSPS) is 16.7. The second-order valence-corrected chi connectivity index (χ2v) is 11.2.